The summed E-state index contributed by atoms with van der Waals surface area (Å²) < 4.78 is 0. The normalized spacial score (nSPS) is 20.1. The Morgan fingerprint density at radius 3 is 3.06 bits per heavy atom. The average Bonchev–Trinajstić information content (AvgIpc) is 2.38. The molecule has 1 aromatic heterocycles. The van der Waals surface area contributed by atoms with Gasteiger partial charge in [-0.1, -0.05) is 6.07 Å². The summed E-state index contributed by atoms with van der Waals surface area (Å²) in [6, 6.07) is 7.97. The molecule has 1 atom stereocenters. The first-order valence-corrected chi connectivity index (χ1v) is 5.87. The molecule has 17 heavy (non-hydrogen) atoms. The van der Waals surface area contributed by atoms with Crippen LogP contribution >= 0.6 is 0 Å². The molecule has 2 rings (SSSR count). The Morgan fingerprint density at radius 1 is 1.53 bits per heavy atom. The topological polar surface area (TPSA) is 57.0 Å². The van der Waals surface area contributed by atoms with E-state index in [1.165, 1.54) is 0 Å². The second kappa shape index (κ2) is 5.44. The minimum atomic E-state index is -0.0893. The summed E-state index contributed by atoms with van der Waals surface area (Å²) in [7, 11) is 0. The molecule has 1 amide bonds. The van der Waals surface area contributed by atoms with Crippen LogP contribution in [0.1, 0.15) is 18.5 Å². The molecule has 0 spiro atoms. The van der Waals surface area contributed by atoms with E-state index in [2.05, 4.69) is 11.1 Å². The fourth-order valence-corrected chi connectivity index (χ4v) is 2.02. The summed E-state index contributed by atoms with van der Waals surface area (Å²) in [5.74, 6) is 0.00679. The van der Waals surface area contributed by atoms with Crippen molar-refractivity contribution in [2.75, 3.05) is 13.1 Å². The van der Waals surface area contributed by atoms with Gasteiger partial charge in [0, 0.05) is 37.8 Å². The van der Waals surface area contributed by atoms with Crippen LogP contribution in [-0.4, -0.2) is 28.9 Å². The van der Waals surface area contributed by atoms with E-state index in [9.17, 15) is 4.79 Å². The first-order chi connectivity index (χ1) is 8.29. The molecule has 0 saturated carbocycles. The maximum atomic E-state index is 11.7. The van der Waals surface area contributed by atoms with Crippen LogP contribution in [0.2, 0.25) is 0 Å². The number of aromatic nitrogens is 1. The van der Waals surface area contributed by atoms with Gasteiger partial charge in [-0.15, -0.1) is 0 Å². The van der Waals surface area contributed by atoms with Crippen molar-refractivity contribution >= 4 is 5.91 Å². The summed E-state index contributed by atoms with van der Waals surface area (Å²) >= 11 is 0. The van der Waals surface area contributed by atoms with E-state index in [1.54, 1.807) is 6.20 Å². The summed E-state index contributed by atoms with van der Waals surface area (Å²) in [5.41, 5.74) is 1.00. The van der Waals surface area contributed by atoms with Crippen molar-refractivity contribution in [3.63, 3.8) is 0 Å². The van der Waals surface area contributed by atoms with E-state index in [0.717, 1.165) is 18.5 Å². The number of amides is 1. The fourth-order valence-electron chi connectivity index (χ4n) is 2.02. The van der Waals surface area contributed by atoms with E-state index in [-0.39, 0.29) is 11.8 Å². The second-order valence-corrected chi connectivity index (χ2v) is 4.27. The van der Waals surface area contributed by atoms with E-state index < -0.39 is 0 Å². The first kappa shape index (κ1) is 11.6. The molecule has 1 aromatic rings. The zero-order valence-electron chi connectivity index (χ0n) is 9.67. The third kappa shape index (κ3) is 3.04. The van der Waals surface area contributed by atoms with E-state index in [4.69, 9.17) is 5.26 Å². The molecular weight excluding hydrogens is 214 g/mol. The highest BCUT2D eigenvalue weighted by Gasteiger charge is 2.25. The zero-order chi connectivity index (χ0) is 12.1. The van der Waals surface area contributed by atoms with Crippen LogP contribution in [0.3, 0.4) is 0 Å². The number of piperidine rings is 1. The van der Waals surface area contributed by atoms with Gasteiger partial charge in [-0.3, -0.25) is 9.78 Å². The monoisotopic (exact) mass is 229 g/mol. The maximum Gasteiger partial charge on any atom is 0.223 e. The van der Waals surface area contributed by atoms with Crippen molar-refractivity contribution in [3.05, 3.63) is 30.1 Å². The van der Waals surface area contributed by atoms with Gasteiger partial charge in [0.25, 0.3) is 0 Å². The molecule has 0 N–H and O–H groups in total. The molecule has 1 fully saturated rings. The van der Waals surface area contributed by atoms with Crippen LogP contribution in [-0.2, 0) is 11.2 Å². The minimum absolute atomic E-state index is 0.0893. The van der Waals surface area contributed by atoms with Gasteiger partial charge in [-0.05, 0) is 18.6 Å². The Hall–Kier alpha value is -1.89. The Balaban J connectivity index is 1.85. The van der Waals surface area contributed by atoms with Crippen molar-refractivity contribution in [1.29, 1.82) is 5.26 Å². The number of rotatable bonds is 3. The lowest BCUT2D eigenvalue weighted by Gasteiger charge is -2.28. The Bertz CT molecular complexity index is 424. The number of carbonyl (C=O) groups excluding carboxylic acids is 1. The van der Waals surface area contributed by atoms with Crippen LogP contribution < -0.4 is 0 Å². The number of pyridine rings is 1. The van der Waals surface area contributed by atoms with Crippen molar-refractivity contribution in [1.82, 2.24) is 9.88 Å². The molecule has 4 nitrogen and oxygen atoms in total. The van der Waals surface area contributed by atoms with Crippen molar-refractivity contribution < 1.29 is 4.79 Å². The summed E-state index contributed by atoms with van der Waals surface area (Å²) in [6.45, 7) is 1.40. The fraction of sp³-hybridized carbons (Fsp3) is 0.462. The SMILES string of the molecule is N#CC1CCN(CCc2ccccn2)C(=O)C1. The molecule has 4 heteroatoms. The number of hydrogen-bond donors (Lipinski definition) is 0. The van der Waals surface area contributed by atoms with E-state index in [1.807, 2.05) is 23.1 Å². The molecule has 88 valence electrons. The van der Waals surface area contributed by atoms with Crippen LogP contribution in [0, 0.1) is 17.2 Å². The molecule has 2 heterocycles. The van der Waals surface area contributed by atoms with E-state index >= 15 is 0 Å². The van der Waals surface area contributed by atoms with Gasteiger partial charge in [0.05, 0.1) is 12.0 Å². The number of nitrogens with zero attached hydrogens (tertiary/aromatic N) is 3. The Labute approximate surface area is 101 Å². The Morgan fingerprint density at radius 2 is 2.41 bits per heavy atom. The predicted molar refractivity (Wildman–Crippen MR) is 62.9 cm³/mol. The third-order valence-corrected chi connectivity index (χ3v) is 3.07. The third-order valence-electron chi connectivity index (χ3n) is 3.07. The number of hydrogen-bond acceptors (Lipinski definition) is 3. The van der Waals surface area contributed by atoms with Gasteiger partial charge in [0.1, 0.15) is 0 Å². The molecule has 1 unspecified atom stereocenters. The molecular formula is C13H15N3O. The summed E-state index contributed by atoms with van der Waals surface area (Å²) in [4.78, 5) is 17.8. The molecule has 1 saturated heterocycles. The van der Waals surface area contributed by atoms with Crippen LogP contribution in [0.15, 0.2) is 24.4 Å². The van der Waals surface area contributed by atoms with Crippen LogP contribution in [0.25, 0.3) is 0 Å². The van der Waals surface area contributed by atoms with Crippen molar-refractivity contribution in [2.45, 2.75) is 19.3 Å². The molecule has 1 aliphatic heterocycles. The number of likely N-dealkylation sites (tertiary alicyclic amines) is 1. The van der Waals surface area contributed by atoms with Crippen LogP contribution in [0.5, 0.6) is 0 Å². The summed E-state index contributed by atoms with van der Waals surface area (Å²) in [5, 5.41) is 8.77. The first-order valence-electron chi connectivity index (χ1n) is 5.87. The molecule has 0 radical (unpaired) electrons. The lowest BCUT2D eigenvalue weighted by Crippen LogP contribution is -2.39. The highest BCUT2D eigenvalue weighted by molar-refractivity contribution is 5.77. The maximum absolute atomic E-state index is 11.7. The number of carbonyl (C=O) groups is 1. The largest absolute Gasteiger partial charge is 0.342 e. The standard InChI is InChI=1S/C13H15N3O/c14-10-11-4-7-16(13(17)9-11)8-5-12-3-1-2-6-15-12/h1-3,6,11H,4-5,7-9H2. The van der Waals surface area contributed by atoms with Gasteiger partial charge in [0.2, 0.25) is 5.91 Å². The quantitative estimate of drug-likeness (QED) is 0.787. The molecule has 1 aliphatic rings. The lowest BCUT2D eigenvalue weighted by atomic mass is 9.98. The van der Waals surface area contributed by atoms with Gasteiger partial charge in [-0.25, -0.2) is 0 Å². The zero-order valence-corrected chi connectivity index (χ0v) is 9.67. The minimum Gasteiger partial charge on any atom is -0.342 e. The average molecular weight is 229 g/mol. The highest BCUT2D eigenvalue weighted by atomic mass is 16.2. The van der Waals surface area contributed by atoms with Crippen molar-refractivity contribution in [2.24, 2.45) is 5.92 Å². The van der Waals surface area contributed by atoms with Gasteiger partial charge in [-0.2, -0.15) is 5.26 Å². The predicted octanol–water partition coefficient (Wildman–Crippen LogP) is 1.39. The van der Waals surface area contributed by atoms with Gasteiger partial charge >= 0.3 is 0 Å². The molecule has 0 aliphatic carbocycles. The van der Waals surface area contributed by atoms with Gasteiger partial charge < -0.3 is 4.90 Å². The van der Waals surface area contributed by atoms with Gasteiger partial charge in [0.15, 0.2) is 0 Å². The second-order valence-electron chi connectivity index (χ2n) is 4.27. The smallest absolute Gasteiger partial charge is 0.223 e. The molecule has 0 bridgehead atoms. The number of nitriles is 1. The van der Waals surface area contributed by atoms with E-state index in [0.29, 0.717) is 19.5 Å². The van der Waals surface area contributed by atoms with Crippen molar-refractivity contribution in [3.8, 4) is 6.07 Å². The lowest BCUT2D eigenvalue weighted by molar-refractivity contribution is -0.134. The highest BCUT2D eigenvalue weighted by Crippen LogP contribution is 2.17. The molecule has 0 aromatic carbocycles. The summed E-state index contributed by atoms with van der Waals surface area (Å²) in [6.07, 6.45) is 3.71. The van der Waals surface area contributed by atoms with Crippen LogP contribution in [0.4, 0.5) is 0 Å². The Kier molecular flexibility index (Phi) is 3.71.